The van der Waals surface area contributed by atoms with Crippen LogP contribution >= 0.6 is 0 Å². The van der Waals surface area contributed by atoms with Crippen LogP contribution in [0.1, 0.15) is 18.2 Å². The van der Waals surface area contributed by atoms with Crippen LogP contribution in [0.3, 0.4) is 0 Å². The van der Waals surface area contributed by atoms with Crippen molar-refractivity contribution in [1.82, 2.24) is 15.0 Å². The molecule has 4 aromatic carbocycles. The fourth-order valence-electron chi connectivity index (χ4n) is 10.8. The monoisotopic (exact) mass is 801 g/mol. The molecule has 1 aromatic heterocycles. The molecule has 6 aliphatic rings. The fourth-order valence-corrected chi connectivity index (χ4v) is 10.8. The minimum atomic E-state index is -1.58. The zero-order chi connectivity index (χ0) is 40.1. The van der Waals surface area contributed by atoms with Crippen LogP contribution in [0, 0.1) is 23.7 Å². The number of ether oxygens (including phenoxy) is 1. The zero-order valence-corrected chi connectivity index (χ0v) is 31.5. The molecular weight excluding hydrogens is 759 g/mol. The number of hydrogen-bond acceptors (Lipinski definition) is 14. The van der Waals surface area contributed by atoms with Crippen LogP contribution in [0.4, 0.5) is 0 Å². The molecule has 3 saturated heterocycles. The maximum Gasteiger partial charge on any atom is 0.163 e. The van der Waals surface area contributed by atoms with Gasteiger partial charge in [0.05, 0.1) is 30.3 Å². The lowest BCUT2D eigenvalue weighted by Gasteiger charge is -2.60. The van der Waals surface area contributed by atoms with E-state index in [0.29, 0.717) is 11.6 Å². The summed E-state index contributed by atoms with van der Waals surface area (Å²) in [5.41, 5.74) is 5.69. The summed E-state index contributed by atoms with van der Waals surface area (Å²) in [6.45, 7) is 0. The molecule has 0 bridgehead atoms. The minimum absolute atomic E-state index is 0.198. The Morgan fingerprint density at radius 1 is 0.373 bits per heavy atom. The maximum absolute atomic E-state index is 12.1. The van der Waals surface area contributed by atoms with Gasteiger partial charge in [-0.1, -0.05) is 109 Å². The fraction of sp³-hybridized carbons (Fsp3) is 0.400. The lowest BCUT2D eigenvalue weighted by atomic mass is 9.58. The molecule has 17 unspecified atom stereocenters. The Morgan fingerprint density at radius 2 is 0.797 bits per heavy atom. The molecule has 6 N–H and O–H groups in total. The van der Waals surface area contributed by atoms with Gasteiger partial charge in [0.15, 0.2) is 11.6 Å². The van der Waals surface area contributed by atoms with Crippen molar-refractivity contribution in [3.05, 3.63) is 115 Å². The lowest BCUT2D eigenvalue weighted by molar-refractivity contribution is -0.519. The predicted molar refractivity (Wildman–Crippen MR) is 207 cm³/mol. The molecule has 3 aliphatic carbocycles. The first-order valence-corrected chi connectivity index (χ1v) is 20.2. The van der Waals surface area contributed by atoms with Gasteiger partial charge < -0.3 is 35.4 Å². The van der Waals surface area contributed by atoms with E-state index in [0.717, 1.165) is 33.4 Å². The predicted octanol–water partition coefficient (Wildman–Crippen LogP) is 2.85. The quantitative estimate of drug-likeness (QED) is 0.142. The van der Waals surface area contributed by atoms with Gasteiger partial charge in [-0.2, -0.15) is 0 Å². The summed E-state index contributed by atoms with van der Waals surface area (Å²) >= 11 is 0. The number of aliphatic hydroxyl groups excluding tert-OH is 6. The van der Waals surface area contributed by atoms with Gasteiger partial charge in [0, 0.05) is 34.8 Å². The van der Waals surface area contributed by atoms with E-state index in [9.17, 15) is 30.6 Å². The molecule has 3 saturated carbocycles. The van der Waals surface area contributed by atoms with Crippen molar-refractivity contribution < 1.29 is 54.9 Å². The summed E-state index contributed by atoms with van der Waals surface area (Å²) in [7, 11) is 0. The number of benzene rings is 4. The summed E-state index contributed by atoms with van der Waals surface area (Å²) in [5, 5.41) is 68.1. The van der Waals surface area contributed by atoms with Gasteiger partial charge in [0.25, 0.3) is 0 Å². The molecule has 3 aliphatic heterocycles. The Labute approximate surface area is 338 Å². The van der Waals surface area contributed by atoms with E-state index in [1.54, 1.807) is 0 Å². The summed E-state index contributed by atoms with van der Waals surface area (Å²) in [6.07, 6.45) is -13.9. The highest BCUT2D eigenvalue weighted by molar-refractivity contribution is 5.70. The van der Waals surface area contributed by atoms with Crippen LogP contribution in [0.2, 0.25) is 0 Å². The van der Waals surface area contributed by atoms with Gasteiger partial charge in [0.1, 0.15) is 54.7 Å². The molecule has 0 spiro atoms. The molecule has 17 atom stereocenters. The van der Waals surface area contributed by atoms with Crippen LogP contribution < -0.4 is 0 Å². The zero-order valence-electron chi connectivity index (χ0n) is 31.5. The highest BCUT2D eigenvalue weighted by Crippen LogP contribution is 2.58. The smallest absolute Gasteiger partial charge is 0.163 e. The van der Waals surface area contributed by atoms with Crippen LogP contribution in [0.15, 0.2) is 109 Å². The van der Waals surface area contributed by atoms with Crippen molar-refractivity contribution in [2.45, 2.75) is 85.6 Å². The van der Waals surface area contributed by atoms with Crippen molar-refractivity contribution >= 4 is 0 Å². The Hall–Kier alpha value is -4.55. The molecule has 4 heterocycles. The molecule has 14 nitrogen and oxygen atoms in total. The first-order chi connectivity index (χ1) is 28.7. The molecular formula is C45H43N3O11. The van der Waals surface area contributed by atoms with Gasteiger partial charge in [0.2, 0.25) is 0 Å². The third-order valence-electron chi connectivity index (χ3n) is 13.7. The second-order valence-electron chi connectivity index (χ2n) is 16.7. The largest absolute Gasteiger partial charge is 0.390 e. The number of aromatic nitrogens is 3. The van der Waals surface area contributed by atoms with Crippen LogP contribution in [-0.2, 0) is 24.3 Å². The Morgan fingerprint density at radius 3 is 1.32 bits per heavy atom. The summed E-state index contributed by atoms with van der Waals surface area (Å²) in [4.78, 5) is 37.7. The average molecular weight is 802 g/mol. The van der Waals surface area contributed by atoms with Gasteiger partial charge >= 0.3 is 0 Å². The molecule has 5 aromatic rings. The molecule has 0 amide bonds. The standard InChI is InChI=1S/C45H43N3O11/c49-32-26(19-27-28(33(32)50)29-38-30-31-40(57-56-38)35(52)34(51)36(53)41(31)58-59-42(30)37(54)39(29)55-27)45-47-43(24-15-11-22(12-16-24)20-7-3-1-4-8-20)46-44(48-45)25-17-13-23(14-18-25)21-9-5-2-6-10-21/h1-18,26-42,49-54H,19H2. The molecule has 6 fully saturated rings. The minimum Gasteiger partial charge on any atom is -0.390 e. The molecule has 59 heavy (non-hydrogen) atoms. The van der Waals surface area contributed by atoms with E-state index in [-0.39, 0.29) is 12.2 Å². The number of rotatable bonds is 5. The first-order valence-electron chi connectivity index (χ1n) is 20.2. The molecule has 14 heteroatoms. The summed E-state index contributed by atoms with van der Waals surface area (Å²) in [5.74, 6) is -2.49. The number of hydrogen-bond donors (Lipinski definition) is 6. The third kappa shape index (κ3) is 6.01. The Balaban J connectivity index is 0.934. The molecule has 0 radical (unpaired) electrons. The van der Waals surface area contributed by atoms with E-state index in [2.05, 4.69) is 0 Å². The van der Waals surface area contributed by atoms with E-state index in [4.69, 9.17) is 39.2 Å². The molecule has 11 rings (SSSR count). The van der Waals surface area contributed by atoms with Crippen molar-refractivity contribution in [2.75, 3.05) is 0 Å². The van der Waals surface area contributed by atoms with Crippen molar-refractivity contribution in [3.8, 4) is 45.0 Å². The second-order valence-corrected chi connectivity index (χ2v) is 16.7. The van der Waals surface area contributed by atoms with Crippen LogP contribution in [0.25, 0.3) is 45.0 Å². The van der Waals surface area contributed by atoms with Crippen molar-refractivity contribution in [3.63, 3.8) is 0 Å². The van der Waals surface area contributed by atoms with E-state index in [1.807, 2.05) is 109 Å². The highest BCUT2D eigenvalue weighted by atomic mass is 17.2. The average Bonchev–Trinajstić information content (AvgIpc) is 3.69. The number of aliphatic hydroxyl groups is 6. The topological polar surface area (TPSA) is 206 Å². The van der Waals surface area contributed by atoms with Crippen molar-refractivity contribution in [2.24, 2.45) is 23.7 Å². The second kappa shape index (κ2) is 14.6. The normalized spacial score (nSPS) is 39.5. The number of fused-ring (bicyclic) bond motifs is 4. The number of nitrogens with zero attached hydrogens (tertiary/aromatic N) is 3. The Bertz CT molecular complexity index is 2190. The van der Waals surface area contributed by atoms with E-state index >= 15 is 0 Å². The van der Waals surface area contributed by atoms with Gasteiger partial charge in [-0.05, 0) is 28.7 Å². The van der Waals surface area contributed by atoms with Crippen LogP contribution in [-0.4, -0.2) is 119 Å². The molecule has 304 valence electrons. The SMILES string of the molecule is OC1C(c2nc(-c3ccc(-c4ccccc4)cc3)nc(-c3ccc(-c4ccccc4)cc3)n2)CC2OC3C(O)C4OOC5C(O)C(O)C(O)C6OOC(C3C2C1O)C4C56. The summed E-state index contributed by atoms with van der Waals surface area (Å²) in [6, 6.07) is 35.9. The van der Waals surface area contributed by atoms with Gasteiger partial charge in [-0.3, -0.25) is 0 Å². The van der Waals surface area contributed by atoms with Crippen molar-refractivity contribution in [1.29, 1.82) is 0 Å². The van der Waals surface area contributed by atoms with E-state index < -0.39 is 103 Å². The van der Waals surface area contributed by atoms with Gasteiger partial charge in [-0.15, -0.1) is 0 Å². The Kier molecular flexibility index (Phi) is 9.25. The lowest BCUT2D eigenvalue weighted by Crippen LogP contribution is -2.75. The summed E-state index contributed by atoms with van der Waals surface area (Å²) < 4.78 is 6.58. The highest BCUT2D eigenvalue weighted by Gasteiger charge is 2.71. The van der Waals surface area contributed by atoms with Gasteiger partial charge in [-0.25, -0.2) is 34.5 Å². The van der Waals surface area contributed by atoms with E-state index in [1.165, 1.54) is 0 Å². The third-order valence-corrected chi connectivity index (χ3v) is 13.7. The maximum atomic E-state index is 12.1. The first kappa shape index (κ1) is 37.4. The van der Waals surface area contributed by atoms with Crippen LogP contribution in [0.5, 0.6) is 0 Å².